The highest BCUT2D eigenvalue weighted by Crippen LogP contribution is 2.16. The minimum absolute atomic E-state index is 0.0898. The van der Waals surface area contributed by atoms with Crippen LogP contribution < -0.4 is 9.64 Å². The second-order valence-corrected chi connectivity index (χ2v) is 9.05. The molecule has 0 aliphatic rings. The molecule has 0 aliphatic heterocycles. The standard InChI is InChI=1S/C17H27NO2.C13H16O3/c1-5-7-8-14(6-2)13-20-17(19)15-9-11-16(12-10-15)18(3)4;1-10(2)16-13(14)9-6-11-4-7-12(15-3)8-5-11/h9-12,14H,5-8,13H2,1-4H3;4-10H,1-3H3. The summed E-state index contributed by atoms with van der Waals surface area (Å²) in [5.41, 5.74) is 2.64. The van der Waals surface area contributed by atoms with Gasteiger partial charge in [0.1, 0.15) is 5.75 Å². The van der Waals surface area contributed by atoms with Gasteiger partial charge in [0.25, 0.3) is 0 Å². The van der Waals surface area contributed by atoms with Crippen LogP contribution in [-0.4, -0.2) is 45.9 Å². The highest BCUT2D eigenvalue weighted by molar-refractivity contribution is 5.89. The van der Waals surface area contributed by atoms with E-state index in [1.54, 1.807) is 13.2 Å². The molecule has 6 nitrogen and oxygen atoms in total. The summed E-state index contributed by atoms with van der Waals surface area (Å²) in [4.78, 5) is 25.2. The molecule has 6 heteroatoms. The number of benzene rings is 2. The van der Waals surface area contributed by atoms with Crippen LogP contribution in [0.2, 0.25) is 0 Å². The van der Waals surface area contributed by atoms with Crippen LogP contribution in [0, 0.1) is 5.92 Å². The Hall–Kier alpha value is -3.28. The molecule has 1 unspecified atom stereocenters. The van der Waals surface area contributed by atoms with Crippen LogP contribution in [0.15, 0.2) is 54.6 Å². The van der Waals surface area contributed by atoms with E-state index in [2.05, 4.69) is 13.8 Å². The summed E-state index contributed by atoms with van der Waals surface area (Å²) in [5, 5.41) is 0. The highest BCUT2D eigenvalue weighted by Gasteiger charge is 2.12. The summed E-state index contributed by atoms with van der Waals surface area (Å²) in [5.74, 6) is 0.734. The summed E-state index contributed by atoms with van der Waals surface area (Å²) in [7, 11) is 5.57. The van der Waals surface area contributed by atoms with E-state index in [4.69, 9.17) is 14.2 Å². The molecular weight excluding hydrogens is 454 g/mol. The van der Waals surface area contributed by atoms with Crippen LogP contribution in [0.5, 0.6) is 5.75 Å². The number of carbonyl (C=O) groups excluding carboxylic acids is 2. The van der Waals surface area contributed by atoms with Gasteiger partial charge in [-0.2, -0.15) is 0 Å². The van der Waals surface area contributed by atoms with Crippen LogP contribution in [0.4, 0.5) is 5.69 Å². The molecule has 0 fully saturated rings. The van der Waals surface area contributed by atoms with Crippen molar-refractivity contribution in [1.29, 1.82) is 0 Å². The molecule has 0 aromatic heterocycles. The molecular formula is C30H43NO5. The predicted molar refractivity (Wildman–Crippen MR) is 148 cm³/mol. The lowest BCUT2D eigenvalue weighted by Gasteiger charge is -2.15. The normalized spacial score (nSPS) is 11.4. The number of hydrogen-bond donors (Lipinski definition) is 0. The Morgan fingerprint density at radius 3 is 2.11 bits per heavy atom. The summed E-state index contributed by atoms with van der Waals surface area (Å²) in [6.45, 7) is 8.51. The van der Waals surface area contributed by atoms with Crippen molar-refractivity contribution in [3.63, 3.8) is 0 Å². The van der Waals surface area contributed by atoms with Gasteiger partial charge in [0.15, 0.2) is 0 Å². The number of methoxy groups -OCH3 is 1. The van der Waals surface area contributed by atoms with E-state index < -0.39 is 0 Å². The molecule has 0 radical (unpaired) electrons. The summed E-state index contributed by atoms with van der Waals surface area (Å²) in [6.07, 6.45) is 7.64. The second kappa shape index (κ2) is 17.2. The van der Waals surface area contributed by atoms with Crippen LogP contribution >= 0.6 is 0 Å². The van der Waals surface area contributed by atoms with Gasteiger partial charge in [-0.3, -0.25) is 0 Å². The van der Waals surface area contributed by atoms with Crippen LogP contribution in [0.1, 0.15) is 69.3 Å². The van der Waals surface area contributed by atoms with Gasteiger partial charge in [-0.25, -0.2) is 9.59 Å². The van der Waals surface area contributed by atoms with Crippen molar-refractivity contribution < 1.29 is 23.8 Å². The van der Waals surface area contributed by atoms with Gasteiger partial charge in [0.2, 0.25) is 0 Å². The molecule has 198 valence electrons. The molecule has 0 spiro atoms. The first-order valence-electron chi connectivity index (χ1n) is 12.7. The fourth-order valence-electron chi connectivity index (χ4n) is 3.22. The lowest BCUT2D eigenvalue weighted by Crippen LogP contribution is -2.14. The quantitative estimate of drug-likeness (QED) is 0.238. The molecule has 0 saturated heterocycles. The van der Waals surface area contributed by atoms with E-state index in [0.29, 0.717) is 18.1 Å². The van der Waals surface area contributed by atoms with Crippen LogP contribution in [0.25, 0.3) is 6.08 Å². The molecule has 2 aromatic carbocycles. The number of rotatable bonds is 12. The first kappa shape index (κ1) is 30.8. The Balaban J connectivity index is 0.000000369. The highest BCUT2D eigenvalue weighted by atomic mass is 16.5. The maximum absolute atomic E-state index is 12.0. The molecule has 2 rings (SSSR count). The number of nitrogens with zero attached hydrogens (tertiary/aromatic N) is 1. The minimum Gasteiger partial charge on any atom is -0.497 e. The van der Waals surface area contributed by atoms with Gasteiger partial charge in [-0.1, -0.05) is 45.2 Å². The predicted octanol–water partition coefficient (Wildman–Crippen LogP) is 6.79. The van der Waals surface area contributed by atoms with Gasteiger partial charge in [0, 0.05) is 25.9 Å². The second-order valence-electron chi connectivity index (χ2n) is 9.05. The molecule has 1 atom stereocenters. The van der Waals surface area contributed by atoms with Gasteiger partial charge in [-0.05, 0) is 74.2 Å². The van der Waals surface area contributed by atoms with Crippen molar-refractivity contribution in [3.8, 4) is 5.75 Å². The molecule has 0 heterocycles. The first-order valence-corrected chi connectivity index (χ1v) is 12.7. The number of ether oxygens (including phenoxy) is 3. The van der Waals surface area contributed by atoms with Gasteiger partial charge in [-0.15, -0.1) is 0 Å². The van der Waals surface area contributed by atoms with Gasteiger partial charge in [0.05, 0.1) is 25.4 Å². The summed E-state index contributed by atoms with van der Waals surface area (Å²) >= 11 is 0. The van der Waals surface area contributed by atoms with Crippen molar-refractivity contribution >= 4 is 23.7 Å². The number of carbonyl (C=O) groups is 2. The van der Waals surface area contributed by atoms with Crippen LogP contribution in [0.3, 0.4) is 0 Å². The molecule has 0 bridgehead atoms. The maximum atomic E-state index is 12.0. The first-order chi connectivity index (χ1) is 17.2. The van der Waals surface area contributed by atoms with E-state index in [0.717, 1.165) is 29.8 Å². The maximum Gasteiger partial charge on any atom is 0.338 e. The number of hydrogen-bond acceptors (Lipinski definition) is 6. The van der Waals surface area contributed by atoms with E-state index in [9.17, 15) is 9.59 Å². The van der Waals surface area contributed by atoms with Crippen molar-refractivity contribution in [3.05, 3.63) is 65.7 Å². The minimum atomic E-state index is -0.328. The third-order valence-corrected chi connectivity index (χ3v) is 5.49. The fourth-order valence-corrected chi connectivity index (χ4v) is 3.22. The SMILES string of the molecule is CCCCC(CC)COC(=O)c1ccc(N(C)C)cc1.COc1ccc(C=CC(=O)OC(C)C)cc1. The third-order valence-electron chi connectivity index (χ3n) is 5.49. The van der Waals surface area contributed by atoms with E-state index in [-0.39, 0.29) is 18.0 Å². The third kappa shape index (κ3) is 12.4. The van der Waals surface area contributed by atoms with Crippen LogP contribution in [-0.2, 0) is 14.3 Å². The average Bonchev–Trinajstić information content (AvgIpc) is 2.87. The molecule has 0 N–H and O–H groups in total. The van der Waals surface area contributed by atoms with Crippen molar-refractivity contribution in [2.24, 2.45) is 5.92 Å². The van der Waals surface area contributed by atoms with E-state index >= 15 is 0 Å². The molecule has 36 heavy (non-hydrogen) atoms. The summed E-state index contributed by atoms with van der Waals surface area (Å²) < 4.78 is 15.4. The van der Waals surface area contributed by atoms with Crippen molar-refractivity contribution in [1.82, 2.24) is 0 Å². The lowest BCUT2D eigenvalue weighted by molar-refractivity contribution is -0.141. The zero-order valence-electron chi connectivity index (χ0n) is 23.0. The number of unbranched alkanes of at least 4 members (excludes halogenated alkanes) is 1. The average molecular weight is 498 g/mol. The van der Waals surface area contributed by atoms with Crippen molar-refractivity contribution in [2.75, 3.05) is 32.7 Å². The Morgan fingerprint density at radius 2 is 1.61 bits per heavy atom. The number of anilines is 1. The Bertz CT molecular complexity index is 917. The Labute approximate surface area is 217 Å². The van der Waals surface area contributed by atoms with Gasteiger partial charge < -0.3 is 19.1 Å². The molecule has 0 aliphatic carbocycles. The van der Waals surface area contributed by atoms with E-state index in [1.165, 1.54) is 18.9 Å². The molecule has 0 saturated carbocycles. The lowest BCUT2D eigenvalue weighted by atomic mass is 10.0. The zero-order valence-corrected chi connectivity index (χ0v) is 23.0. The molecule has 2 aromatic rings. The molecule has 0 amide bonds. The Morgan fingerprint density at radius 1 is 0.972 bits per heavy atom. The number of esters is 2. The fraction of sp³-hybridized carbons (Fsp3) is 0.467. The zero-order chi connectivity index (χ0) is 26.9. The van der Waals surface area contributed by atoms with Crippen molar-refractivity contribution in [2.45, 2.75) is 59.5 Å². The monoisotopic (exact) mass is 497 g/mol. The van der Waals surface area contributed by atoms with E-state index in [1.807, 2.05) is 81.4 Å². The Kier molecular flexibility index (Phi) is 14.7. The summed E-state index contributed by atoms with van der Waals surface area (Å²) in [6, 6.07) is 14.9. The largest absolute Gasteiger partial charge is 0.497 e. The van der Waals surface area contributed by atoms with Gasteiger partial charge >= 0.3 is 11.9 Å². The smallest absolute Gasteiger partial charge is 0.338 e. The topological polar surface area (TPSA) is 65.1 Å².